The zero-order valence-corrected chi connectivity index (χ0v) is 27.0. The molecule has 0 radical (unpaired) electrons. The summed E-state index contributed by atoms with van der Waals surface area (Å²) in [5, 5.41) is 8.00. The fourth-order valence-corrected chi connectivity index (χ4v) is 5.08. The monoisotopic (exact) mass is 637 g/mol. The van der Waals surface area contributed by atoms with Crippen LogP contribution in [-0.2, 0) is 46.6 Å². The first-order chi connectivity index (χ1) is 22.1. The molecule has 3 amide bonds. The van der Waals surface area contributed by atoms with Gasteiger partial charge in [0.15, 0.2) is 6.10 Å². The lowest BCUT2D eigenvalue weighted by atomic mass is 9.74. The van der Waals surface area contributed by atoms with Gasteiger partial charge in [-0.15, -0.1) is 0 Å². The van der Waals surface area contributed by atoms with Gasteiger partial charge in [-0.25, -0.2) is 9.59 Å². The van der Waals surface area contributed by atoms with Crippen molar-refractivity contribution in [1.29, 1.82) is 0 Å². The van der Waals surface area contributed by atoms with Crippen molar-refractivity contribution in [2.24, 2.45) is 5.41 Å². The normalized spacial score (nSPS) is 18.2. The largest absolute Gasteiger partial charge is 0.459 e. The van der Waals surface area contributed by atoms with Gasteiger partial charge >= 0.3 is 18.0 Å². The van der Waals surface area contributed by atoms with E-state index >= 15 is 0 Å². The third-order valence-electron chi connectivity index (χ3n) is 8.04. The molecule has 0 bridgehead atoms. The zero-order valence-electron chi connectivity index (χ0n) is 27.0. The molecule has 0 aliphatic carbocycles. The highest BCUT2D eigenvalue weighted by molar-refractivity contribution is 5.96. The third-order valence-corrected chi connectivity index (χ3v) is 8.04. The lowest BCUT2D eigenvalue weighted by molar-refractivity contribution is -0.207. The number of benzene rings is 2. The van der Waals surface area contributed by atoms with Crippen LogP contribution >= 0.6 is 0 Å². The quantitative estimate of drug-likeness (QED) is 0.114. The maximum Gasteiger partial charge on any atom is 0.408 e. The van der Waals surface area contributed by atoms with Crippen LogP contribution in [0.25, 0.3) is 0 Å². The number of cyclic esters (lactones) is 1. The molecule has 1 saturated heterocycles. The number of nitrogens with one attached hydrogen (secondary N) is 3. The minimum Gasteiger partial charge on any atom is -0.459 e. The minimum absolute atomic E-state index is 0.0407. The first-order valence-electron chi connectivity index (χ1n) is 16.1. The Morgan fingerprint density at radius 1 is 0.848 bits per heavy atom. The first kappa shape index (κ1) is 36.1. The maximum atomic E-state index is 13.0. The number of hydrogen-bond acceptors (Lipinski definition) is 8. The standard InChI is InChI=1S/C35H47N3O8/c1-4-5-6-14-21-35(3)29(46-33(35)42)31(40)36-22-15-13-20-28(32(41)44-23-26-16-9-7-10-17-26)38-30(39)25(2)37-34(43)45-24-27-18-11-8-12-19-27/h7-12,16-19,25,28-29H,4-6,13-15,20-24H2,1-3H3,(H,36,40)(H,37,43)(H,38,39)/t25-,28-,29-,35+/m0/s1. The second-order valence-corrected chi connectivity index (χ2v) is 11.9. The molecular weight excluding hydrogens is 590 g/mol. The SMILES string of the molecule is CCCCCC[C@@]1(C)C(=O)O[C@H]1C(=O)NCCCC[C@H](NC(=O)[C@H](C)NC(=O)OCc1ccccc1)C(=O)OCc1ccccc1. The van der Waals surface area contributed by atoms with Gasteiger partial charge in [0.1, 0.15) is 30.7 Å². The van der Waals surface area contributed by atoms with E-state index in [0.29, 0.717) is 25.8 Å². The highest BCUT2D eigenvalue weighted by Crippen LogP contribution is 2.41. The van der Waals surface area contributed by atoms with E-state index in [0.717, 1.165) is 36.8 Å². The molecule has 2 aromatic carbocycles. The fourth-order valence-electron chi connectivity index (χ4n) is 5.08. The summed E-state index contributed by atoms with van der Waals surface area (Å²) in [6.07, 6.45) is 4.30. The summed E-state index contributed by atoms with van der Waals surface area (Å²) in [6, 6.07) is 16.4. The minimum atomic E-state index is -0.978. The molecule has 2 aromatic rings. The van der Waals surface area contributed by atoms with Gasteiger partial charge in [0, 0.05) is 6.54 Å². The number of carbonyl (C=O) groups is 5. The van der Waals surface area contributed by atoms with Crippen molar-refractivity contribution in [2.75, 3.05) is 6.54 Å². The highest BCUT2D eigenvalue weighted by atomic mass is 16.6. The highest BCUT2D eigenvalue weighted by Gasteiger charge is 2.57. The van der Waals surface area contributed by atoms with Crippen LogP contribution in [0, 0.1) is 5.41 Å². The fraction of sp³-hybridized carbons (Fsp3) is 0.514. The smallest absolute Gasteiger partial charge is 0.408 e. The molecule has 1 fully saturated rings. The van der Waals surface area contributed by atoms with Crippen molar-refractivity contribution in [2.45, 2.75) is 104 Å². The van der Waals surface area contributed by atoms with Gasteiger partial charge in [-0.05, 0) is 50.7 Å². The van der Waals surface area contributed by atoms with Gasteiger partial charge in [0.2, 0.25) is 5.91 Å². The molecule has 0 aromatic heterocycles. The lowest BCUT2D eigenvalue weighted by Gasteiger charge is -2.43. The Bertz CT molecular complexity index is 1290. The Labute approximate surface area is 271 Å². The van der Waals surface area contributed by atoms with E-state index in [1.54, 1.807) is 6.92 Å². The average molecular weight is 638 g/mol. The Kier molecular flexibility index (Phi) is 14.5. The number of amides is 3. The third kappa shape index (κ3) is 11.2. The molecule has 4 atom stereocenters. The number of rotatable bonds is 19. The van der Waals surface area contributed by atoms with E-state index in [9.17, 15) is 24.0 Å². The molecule has 1 aliphatic heterocycles. The topological polar surface area (TPSA) is 149 Å². The number of unbranched alkanes of at least 4 members (excludes halogenated alkanes) is 4. The van der Waals surface area contributed by atoms with Crippen molar-refractivity contribution in [3.8, 4) is 0 Å². The summed E-state index contributed by atoms with van der Waals surface area (Å²) < 4.78 is 15.9. The Hall–Kier alpha value is -4.41. The van der Waals surface area contributed by atoms with Gasteiger partial charge in [-0.1, -0.05) is 93.3 Å². The van der Waals surface area contributed by atoms with Crippen LogP contribution < -0.4 is 16.0 Å². The number of esters is 2. The lowest BCUT2D eigenvalue weighted by Crippen LogP contribution is -2.61. The Morgan fingerprint density at radius 2 is 1.48 bits per heavy atom. The van der Waals surface area contributed by atoms with E-state index in [2.05, 4.69) is 22.9 Å². The van der Waals surface area contributed by atoms with Crippen molar-refractivity contribution in [3.63, 3.8) is 0 Å². The number of carbonyl (C=O) groups excluding carboxylic acids is 5. The predicted molar refractivity (Wildman–Crippen MR) is 171 cm³/mol. The summed E-state index contributed by atoms with van der Waals surface area (Å²) in [7, 11) is 0. The van der Waals surface area contributed by atoms with Crippen LogP contribution in [-0.4, -0.2) is 54.6 Å². The second-order valence-electron chi connectivity index (χ2n) is 11.9. The van der Waals surface area contributed by atoms with Crippen LogP contribution in [0.2, 0.25) is 0 Å². The Balaban J connectivity index is 1.47. The van der Waals surface area contributed by atoms with Gasteiger partial charge < -0.3 is 30.2 Å². The summed E-state index contributed by atoms with van der Waals surface area (Å²) >= 11 is 0. The zero-order chi connectivity index (χ0) is 33.4. The van der Waals surface area contributed by atoms with Crippen LogP contribution in [0.15, 0.2) is 60.7 Å². The molecular formula is C35H47N3O8. The van der Waals surface area contributed by atoms with Crippen molar-refractivity contribution >= 4 is 29.8 Å². The van der Waals surface area contributed by atoms with Gasteiger partial charge in [0.05, 0.1) is 0 Å². The second kappa shape index (κ2) is 18.5. The van der Waals surface area contributed by atoms with Gasteiger partial charge in [-0.2, -0.15) is 0 Å². The molecule has 46 heavy (non-hydrogen) atoms. The van der Waals surface area contributed by atoms with Gasteiger partial charge in [-0.3, -0.25) is 14.4 Å². The van der Waals surface area contributed by atoms with Crippen LogP contribution in [0.5, 0.6) is 0 Å². The molecule has 0 saturated carbocycles. The molecule has 11 nitrogen and oxygen atoms in total. The van der Waals surface area contributed by atoms with E-state index in [-0.39, 0.29) is 31.5 Å². The maximum absolute atomic E-state index is 13.0. The Morgan fingerprint density at radius 3 is 2.09 bits per heavy atom. The van der Waals surface area contributed by atoms with Crippen LogP contribution in [0.1, 0.15) is 83.3 Å². The van der Waals surface area contributed by atoms with E-state index in [4.69, 9.17) is 14.2 Å². The van der Waals surface area contributed by atoms with Gasteiger partial charge in [0.25, 0.3) is 5.91 Å². The van der Waals surface area contributed by atoms with Crippen LogP contribution in [0.4, 0.5) is 4.79 Å². The molecule has 3 N–H and O–H groups in total. The van der Waals surface area contributed by atoms with Crippen LogP contribution in [0.3, 0.4) is 0 Å². The molecule has 0 unspecified atom stereocenters. The number of ether oxygens (including phenoxy) is 3. The number of alkyl carbamates (subject to hydrolysis) is 1. The average Bonchev–Trinajstić information content (AvgIpc) is 3.06. The molecule has 1 heterocycles. The summed E-state index contributed by atoms with van der Waals surface area (Å²) in [5.41, 5.74) is 0.792. The van der Waals surface area contributed by atoms with Crippen molar-refractivity contribution < 1.29 is 38.2 Å². The van der Waals surface area contributed by atoms with E-state index in [1.807, 2.05) is 60.7 Å². The summed E-state index contributed by atoms with van der Waals surface area (Å²) in [5.74, 6) is -1.86. The number of hydrogen-bond donors (Lipinski definition) is 3. The van der Waals surface area contributed by atoms with Crippen molar-refractivity contribution in [1.82, 2.24) is 16.0 Å². The molecule has 1 aliphatic rings. The summed E-state index contributed by atoms with van der Waals surface area (Å²) in [4.78, 5) is 63.2. The van der Waals surface area contributed by atoms with E-state index in [1.165, 1.54) is 6.92 Å². The van der Waals surface area contributed by atoms with E-state index < -0.39 is 41.6 Å². The molecule has 11 heteroatoms. The first-order valence-corrected chi connectivity index (χ1v) is 16.1. The summed E-state index contributed by atoms with van der Waals surface area (Å²) in [6.45, 7) is 5.79. The predicted octanol–water partition coefficient (Wildman–Crippen LogP) is 4.72. The molecule has 3 rings (SSSR count). The molecule has 250 valence electrons. The van der Waals surface area contributed by atoms with Crippen molar-refractivity contribution in [3.05, 3.63) is 71.8 Å². The molecule has 0 spiro atoms.